The minimum Gasteiger partial charge on any atom is -0.384 e. The molecule has 0 aliphatic carbocycles. The lowest BCUT2D eigenvalue weighted by Crippen LogP contribution is -2.44. The van der Waals surface area contributed by atoms with Crippen LogP contribution >= 0.6 is 11.3 Å². The highest BCUT2D eigenvalue weighted by atomic mass is 32.1. The molecule has 1 atom stereocenters. The van der Waals surface area contributed by atoms with Crippen molar-refractivity contribution in [3.8, 4) is 0 Å². The van der Waals surface area contributed by atoms with Gasteiger partial charge in [-0.1, -0.05) is 0 Å². The molecule has 0 spiro atoms. The van der Waals surface area contributed by atoms with Gasteiger partial charge in [0.15, 0.2) is 5.82 Å². The lowest BCUT2D eigenvalue weighted by molar-refractivity contribution is 0.0598. The van der Waals surface area contributed by atoms with E-state index in [1.54, 1.807) is 17.0 Å². The summed E-state index contributed by atoms with van der Waals surface area (Å²) >= 11 is 1.42. The van der Waals surface area contributed by atoms with Crippen molar-refractivity contribution in [1.82, 2.24) is 19.9 Å². The monoisotopic (exact) mass is 303 g/mol. The summed E-state index contributed by atoms with van der Waals surface area (Å²) < 4.78 is 0. The maximum absolute atomic E-state index is 12.7. The van der Waals surface area contributed by atoms with Gasteiger partial charge < -0.3 is 10.6 Å². The van der Waals surface area contributed by atoms with Crippen LogP contribution in [0.2, 0.25) is 0 Å². The van der Waals surface area contributed by atoms with Crippen molar-refractivity contribution in [2.24, 2.45) is 0 Å². The maximum Gasteiger partial charge on any atom is 0.274 e. The number of hydrogen-bond acceptors (Lipinski definition) is 6. The number of aryl methyl sites for hydroxylation is 1. The molecule has 0 saturated carbocycles. The van der Waals surface area contributed by atoms with Gasteiger partial charge in [0.05, 0.1) is 5.51 Å². The van der Waals surface area contributed by atoms with Crippen LogP contribution in [0.25, 0.3) is 0 Å². The third-order valence-electron chi connectivity index (χ3n) is 3.89. The number of aromatic nitrogens is 3. The number of anilines is 1. The van der Waals surface area contributed by atoms with E-state index in [4.69, 9.17) is 5.73 Å². The lowest BCUT2D eigenvalue weighted by atomic mass is 9.97. The average molecular weight is 303 g/mol. The van der Waals surface area contributed by atoms with Crippen molar-refractivity contribution in [2.45, 2.75) is 32.2 Å². The van der Waals surface area contributed by atoms with Gasteiger partial charge in [0.1, 0.15) is 17.1 Å². The minimum absolute atomic E-state index is 0.0695. The first-order valence-corrected chi connectivity index (χ1v) is 7.77. The normalized spacial score (nSPS) is 21.7. The van der Waals surface area contributed by atoms with Crippen molar-refractivity contribution in [3.63, 3.8) is 0 Å². The smallest absolute Gasteiger partial charge is 0.274 e. The van der Waals surface area contributed by atoms with Crippen LogP contribution in [0.15, 0.2) is 17.0 Å². The molecule has 0 radical (unpaired) electrons. The van der Waals surface area contributed by atoms with E-state index >= 15 is 0 Å². The zero-order valence-electron chi connectivity index (χ0n) is 12.0. The van der Waals surface area contributed by atoms with Gasteiger partial charge in [-0.3, -0.25) is 4.79 Å². The Morgan fingerprint density at radius 2 is 2.29 bits per heavy atom. The fraction of sp³-hybridized carbons (Fsp3) is 0.429. The molecule has 3 rings (SSSR count). The minimum atomic E-state index is -0.527. The second-order valence-corrected chi connectivity index (χ2v) is 6.18. The topological polar surface area (TPSA) is 85.0 Å². The number of carbonyl (C=O) groups excluding carboxylic acids is 1. The number of nitrogen functional groups attached to an aromatic ring is 1. The number of nitrogens with two attached hydrogens (primary N) is 1. The highest BCUT2D eigenvalue weighted by Crippen LogP contribution is 2.38. The molecule has 21 heavy (non-hydrogen) atoms. The van der Waals surface area contributed by atoms with Crippen LogP contribution in [0.3, 0.4) is 0 Å². The van der Waals surface area contributed by atoms with E-state index in [9.17, 15) is 4.79 Å². The van der Waals surface area contributed by atoms with E-state index in [2.05, 4.69) is 15.0 Å². The molecule has 2 N–H and O–H groups in total. The summed E-state index contributed by atoms with van der Waals surface area (Å²) in [5.74, 6) is 0.979. The molecular formula is C14H17N5OS. The van der Waals surface area contributed by atoms with E-state index in [1.807, 2.05) is 18.7 Å². The third kappa shape index (κ3) is 2.37. The third-order valence-corrected chi connectivity index (χ3v) is 4.48. The van der Waals surface area contributed by atoms with Crippen LogP contribution in [0, 0.1) is 6.92 Å². The molecule has 0 aromatic carbocycles. The number of nitrogens with zero attached hydrogens (tertiary/aromatic N) is 4. The van der Waals surface area contributed by atoms with Gasteiger partial charge >= 0.3 is 0 Å². The van der Waals surface area contributed by atoms with E-state index in [-0.39, 0.29) is 5.91 Å². The first-order chi connectivity index (χ1) is 10.0. The zero-order chi connectivity index (χ0) is 15.0. The Morgan fingerprint density at radius 3 is 2.95 bits per heavy atom. The second kappa shape index (κ2) is 5.07. The summed E-state index contributed by atoms with van der Waals surface area (Å²) in [6.45, 7) is 4.56. The standard InChI is InChI=1S/C14H17N5OS/c1-9-6-11(15)18-13(17-9)14(2)4-3-5-19(14)12(20)10-7-21-8-16-10/h6-8H,3-5H2,1-2H3,(H2,15,17,18)/t14-/m0/s1. The molecule has 1 saturated heterocycles. The van der Waals surface area contributed by atoms with Crippen molar-refractivity contribution in [1.29, 1.82) is 0 Å². The SMILES string of the molecule is Cc1cc(N)nc([C@]2(C)CCCN2C(=O)c2cscn2)n1. The van der Waals surface area contributed by atoms with E-state index < -0.39 is 5.54 Å². The molecule has 2 aromatic heterocycles. The highest BCUT2D eigenvalue weighted by Gasteiger charge is 2.44. The van der Waals surface area contributed by atoms with Crippen LogP contribution in [-0.4, -0.2) is 32.3 Å². The average Bonchev–Trinajstić information content (AvgIpc) is 3.06. The van der Waals surface area contributed by atoms with Gasteiger partial charge in [-0.25, -0.2) is 15.0 Å². The van der Waals surface area contributed by atoms with Gasteiger partial charge in [-0.05, 0) is 26.7 Å². The molecule has 0 unspecified atom stereocenters. The van der Waals surface area contributed by atoms with Gasteiger partial charge in [-0.2, -0.15) is 0 Å². The first kappa shape index (κ1) is 13.9. The van der Waals surface area contributed by atoms with Crippen molar-refractivity contribution >= 4 is 23.1 Å². The van der Waals surface area contributed by atoms with E-state index in [1.165, 1.54) is 11.3 Å². The van der Waals surface area contributed by atoms with E-state index in [0.717, 1.165) is 18.5 Å². The molecule has 7 heteroatoms. The number of carbonyl (C=O) groups is 1. The van der Waals surface area contributed by atoms with Gasteiger partial charge in [0, 0.05) is 23.7 Å². The largest absolute Gasteiger partial charge is 0.384 e. The quantitative estimate of drug-likeness (QED) is 0.917. The summed E-state index contributed by atoms with van der Waals surface area (Å²) in [7, 11) is 0. The molecule has 6 nitrogen and oxygen atoms in total. The van der Waals surface area contributed by atoms with Crippen LogP contribution in [-0.2, 0) is 5.54 Å². The molecular weight excluding hydrogens is 286 g/mol. The predicted octanol–water partition coefficient (Wildman–Crippen LogP) is 1.98. The molecule has 0 bridgehead atoms. The molecule has 1 amide bonds. The Balaban J connectivity index is 2.00. The maximum atomic E-state index is 12.7. The van der Waals surface area contributed by atoms with Crippen LogP contribution in [0.4, 0.5) is 5.82 Å². The Morgan fingerprint density at radius 1 is 1.48 bits per heavy atom. The van der Waals surface area contributed by atoms with Gasteiger partial charge in [-0.15, -0.1) is 11.3 Å². The number of thiazole rings is 1. The van der Waals surface area contributed by atoms with E-state index in [0.29, 0.717) is 23.9 Å². The van der Waals surface area contributed by atoms with Crippen LogP contribution < -0.4 is 5.73 Å². The summed E-state index contributed by atoms with van der Waals surface area (Å²) in [6.07, 6.45) is 1.75. The zero-order valence-corrected chi connectivity index (χ0v) is 12.9. The molecule has 3 heterocycles. The van der Waals surface area contributed by atoms with Crippen molar-refractivity contribution in [3.05, 3.63) is 34.2 Å². The Labute approximate surface area is 127 Å². The summed E-state index contributed by atoms with van der Waals surface area (Å²) in [6, 6.07) is 1.73. The first-order valence-electron chi connectivity index (χ1n) is 6.82. The summed E-state index contributed by atoms with van der Waals surface area (Å²) in [5.41, 5.74) is 8.27. The van der Waals surface area contributed by atoms with Gasteiger partial charge in [0.2, 0.25) is 0 Å². The molecule has 1 aliphatic rings. The summed E-state index contributed by atoms with van der Waals surface area (Å²) in [5, 5.41) is 1.77. The highest BCUT2D eigenvalue weighted by molar-refractivity contribution is 7.07. The second-order valence-electron chi connectivity index (χ2n) is 5.47. The molecule has 1 aliphatic heterocycles. The fourth-order valence-electron chi connectivity index (χ4n) is 2.81. The number of likely N-dealkylation sites (tertiary alicyclic amines) is 1. The Bertz CT molecular complexity index is 652. The number of hydrogen-bond donors (Lipinski definition) is 1. The summed E-state index contributed by atoms with van der Waals surface area (Å²) in [4.78, 5) is 27.4. The van der Waals surface area contributed by atoms with Crippen LogP contribution in [0.5, 0.6) is 0 Å². The molecule has 1 fully saturated rings. The number of rotatable bonds is 2. The van der Waals surface area contributed by atoms with Crippen molar-refractivity contribution in [2.75, 3.05) is 12.3 Å². The Kier molecular flexibility index (Phi) is 3.36. The van der Waals surface area contributed by atoms with Crippen LogP contribution in [0.1, 0.15) is 41.8 Å². The predicted molar refractivity (Wildman–Crippen MR) is 80.9 cm³/mol. The van der Waals surface area contributed by atoms with Crippen molar-refractivity contribution < 1.29 is 4.79 Å². The number of amides is 1. The lowest BCUT2D eigenvalue weighted by Gasteiger charge is -2.33. The fourth-order valence-corrected chi connectivity index (χ4v) is 3.34. The van der Waals surface area contributed by atoms with Gasteiger partial charge in [0.25, 0.3) is 5.91 Å². The Hall–Kier alpha value is -2.02. The molecule has 2 aromatic rings. The molecule has 110 valence electrons.